The highest BCUT2D eigenvalue weighted by Crippen LogP contribution is 2.13. The zero-order chi connectivity index (χ0) is 15.1. The molecule has 0 fully saturated rings. The highest BCUT2D eigenvalue weighted by molar-refractivity contribution is 5.28. The van der Waals surface area contributed by atoms with E-state index < -0.39 is 6.10 Å². The van der Waals surface area contributed by atoms with Crippen molar-refractivity contribution < 1.29 is 9.84 Å². The lowest BCUT2D eigenvalue weighted by atomic mass is 10.2. The molecule has 5 heteroatoms. The van der Waals surface area contributed by atoms with E-state index in [1.807, 2.05) is 42.0 Å². The zero-order valence-electron chi connectivity index (χ0n) is 12.1. The van der Waals surface area contributed by atoms with E-state index in [1.165, 1.54) is 0 Å². The van der Waals surface area contributed by atoms with Crippen LogP contribution in [0.1, 0.15) is 18.3 Å². The van der Waals surface area contributed by atoms with E-state index in [2.05, 4.69) is 11.1 Å². The molecule has 1 unspecified atom stereocenters. The summed E-state index contributed by atoms with van der Waals surface area (Å²) in [4.78, 5) is 4.22. The van der Waals surface area contributed by atoms with Crippen molar-refractivity contribution in [1.29, 1.82) is 5.26 Å². The molecule has 0 saturated carbocycles. The summed E-state index contributed by atoms with van der Waals surface area (Å²) >= 11 is 0. The van der Waals surface area contributed by atoms with E-state index in [4.69, 9.17) is 10.00 Å². The Bertz CT molecular complexity index is 599. The van der Waals surface area contributed by atoms with E-state index in [0.29, 0.717) is 18.7 Å². The number of hydrogen-bond acceptors (Lipinski definition) is 4. The Labute approximate surface area is 124 Å². The van der Waals surface area contributed by atoms with Crippen LogP contribution in [0, 0.1) is 11.3 Å². The highest BCUT2D eigenvalue weighted by atomic mass is 16.5. The van der Waals surface area contributed by atoms with Crippen LogP contribution in [0.3, 0.4) is 0 Å². The molecule has 1 heterocycles. The number of nitriles is 1. The minimum Gasteiger partial charge on any atom is -0.491 e. The maximum Gasteiger partial charge on any atom is 0.119 e. The first-order valence-electron chi connectivity index (χ1n) is 6.99. The quantitative estimate of drug-likeness (QED) is 0.844. The van der Waals surface area contributed by atoms with Gasteiger partial charge >= 0.3 is 0 Å². The van der Waals surface area contributed by atoms with E-state index in [-0.39, 0.29) is 6.61 Å². The van der Waals surface area contributed by atoms with Crippen molar-refractivity contribution in [2.75, 3.05) is 6.61 Å². The first-order chi connectivity index (χ1) is 10.2. The van der Waals surface area contributed by atoms with Crippen LogP contribution in [-0.4, -0.2) is 27.4 Å². The second kappa shape index (κ2) is 7.46. The summed E-state index contributed by atoms with van der Waals surface area (Å²) in [5.74, 6) is 1.65. The normalized spacial score (nSPS) is 11.9. The van der Waals surface area contributed by atoms with Gasteiger partial charge in [0, 0.05) is 18.8 Å². The van der Waals surface area contributed by atoms with Gasteiger partial charge in [0.1, 0.15) is 24.3 Å². The van der Waals surface area contributed by atoms with Gasteiger partial charge in [0.25, 0.3) is 0 Å². The number of aliphatic hydroxyl groups excluding tert-OH is 1. The Morgan fingerprint density at radius 1 is 1.38 bits per heavy atom. The maximum atomic E-state index is 10.0. The second-order valence-corrected chi connectivity index (χ2v) is 4.79. The van der Waals surface area contributed by atoms with Gasteiger partial charge in [-0.1, -0.05) is 19.1 Å². The smallest absolute Gasteiger partial charge is 0.119 e. The topological polar surface area (TPSA) is 71.1 Å². The molecule has 2 rings (SSSR count). The fourth-order valence-electron chi connectivity index (χ4n) is 2.09. The van der Waals surface area contributed by atoms with Crippen LogP contribution < -0.4 is 4.74 Å². The number of hydrogen-bond donors (Lipinski definition) is 1. The summed E-state index contributed by atoms with van der Waals surface area (Å²) in [5.41, 5.74) is 0.955. The molecule has 21 heavy (non-hydrogen) atoms. The Hall–Kier alpha value is -2.32. The summed E-state index contributed by atoms with van der Waals surface area (Å²) < 4.78 is 7.49. The summed E-state index contributed by atoms with van der Waals surface area (Å²) in [5, 5.41) is 18.6. The van der Waals surface area contributed by atoms with Gasteiger partial charge in [-0.3, -0.25) is 0 Å². The number of ether oxygens (including phenoxy) is 1. The first-order valence-corrected chi connectivity index (χ1v) is 6.99. The molecule has 1 N–H and O–H groups in total. The molecule has 0 aliphatic carbocycles. The first kappa shape index (κ1) is 15.1. The molecule has 2 aromatic rings. The predicted octanol–water partition coefficient (Wildman–Crippen LogP) is 1.95. The van der Waals surface area contributed by atoms with Crippen molar-refractivity contribution in [2.24, 2.45) is 0 Å². The number of aryl methyl sites for hydroxylation is 1. The van der Waals surface area contributed by atoms with E-state index in [1.54, 1.807) is 6.20 Å². The van der Waals surface area contributed by atoms with Gasteiger partial charge in [-0.2, -0.15) is 5.26 Å². The van der Waals surface area contributed by atoms with Crippen LogP contribution >= 0.6 is 0 Å². The molecule has 5 nitrogen and oxygen atoms in total. The molecule has 110 valence electrons. The molecular weight excluding hydrogens is 266 g/mol. The Morgan fingerprint density at radius 3 is 2.81 bits per heavy atom. The summed E-state index contributed by atoms with van der Waals surface area (Å²) in [6.45, 7) is 2.72. The summed E-state index contributed by atoms with van der Waals surface area (Å²) in [7, 11) is 0. The zero-order valence-corrected chi connectivity index (χ0v) is 12.1. The van der Waals surface area contributed by atoms with Gasteiger partial charge in [-0.05, 0) is 17.7 Å². The molecular formula is C16H19N3O2. The van der Waals surface area contributed by atoms with E-state index in [9.17, 15) is 5.11 Å². The molecule has 0 saturated heterocycles. The molecule has 1 aromatic carbocycles. The van der Waals surface area contributed by atoms with Gasteiger partial charge in [-0.15, -0.1) is 0 Å². The minimum atomic E-state index is -0.594. The van der Waals surface area contributed by atoms with Crippen LogP contribution in [0.5, 0.6) is 5.75 Å². The predicted molar refractivity (Wildman–Crippen MR) is 78.9 cm³/mol. The second-order valence-electron chi connectivity index (χ2n) is 4.79. The van der Waals surface area contributed by atoms with Crippen LogP contribution in [0.4, 0.5) is 0 Å². The van der Waals surface area contributed by atoms with Gasteiger partial charge < -0.3 is 14.4 Å². The highest BCUT2D eigenvalue weighted by Gasteiger charge is 2.09. The van der Waals surface area contributed by atoms with Crippen molar-refractivity contribution in [3.63, 3.8) is 0 Å². The van der Waals surface area contributed by atoms with Gasteiger partial charge in [-0.25, -0.2) is 4.98 Å². The summed E-state index contributed by atoms with van der Waals surface area (Å²) in [6.07, 6.45) is 4.23. The average Bonchev–Trinajstić information content (AvgIpc) is 2.94. The van der Waals surface area contributed by atoms with Crippen molar-refractivity contribution >= 4 is 0 Å². The standard InChI is InChI=1S/C16H19N3O2/c1-2-16-18-9-10-19(16)11-14(20)12-21-15-5-3-13(4-6-15)7-8-17/h3-6,9-10,14,20H,2,7,11-12H2,1H3. The van der Waals surface area contributed by atoms with Gasteiger partial charge in [0.2, 0.25) is 0 Å². The van der Waals surface area contributed by atoms with Crippen molar-refractivity contribution in [2.45, 2.75) is 32.4 Å². The molecule has 0 radical (unpaired) electrons. The Morgan fingerprint density at radius 2 is 2.14 bits per heavy atom. The number of imidazole rings is 1. The number of benzene rings is 1. The number of rotatable bonds is 7. The van der Waals surface area contributed by atoms with Crippen molar-refractivity contribution in [3.8, 4) is 11.8 Å². The minimum absolute atomic E-state index is 0.221. The Balaban J connectivity index is 1.83. The SMILES string of the molecule is CCc1nccn1CC(O)COc1ccc(CC#N)cc1. The van der Waals surface area contributed by atoms with E-state index in [0.717, 1.165) is 17.8 Å². The number of nitrogens with zero attached hydrogens (tertiary/aromatic N) is 3. The van der Waals surface area contributed by atoms with Crippen molar-refractivity contribution in [3.05, 3.63) is 48.0 Å². The van der Waals surface area contributed by atoms with E-state index >= 15 is 0 Å². The lowest BCUT2D eigenvalue weighted by molar-refractivity contribution is 0.0918. The lowest BCUT2D eigenvalue weighted by Crippen LogP contribution is -2.24. The largest absolute Gasteiger partial charge is 0.491 e. The maximum absolute atomic E-state index is 10.0. The molecule has 0 aliphatic heterocycles. The third kappa shape index (κ3) is 4.33. The third-order valence-corrected chi connectivity index (χ3v) is 3.17. The molecule has 1 atom stereocenters. The average molecular weight is 285 g/mol. The van der Waals surface area contributed by atoms with Gasteiger partial charge in [0.05, 0.1) is 19.0 Å². The number of aromatic nitrogens is 2. The van der Waals surface area contributed by atoms with Crippen LogP contribution in [0.15, 0.2) is 36.7 Å². The van der Waals surface area contributed by atoms with Crippen LogP contribution in [0.2, 0.25) is 0 Å². The molecule has 1 aromatic heterocycles. The van der Waals surface area contributed by atoms with Gasteiger partial charge in [0.15, 0.2) is 0 Å². The molecule has 0 spiro atoms. The molecule has 0 amide bonds. The van der Waals surface area contributed by atoms with Crippen LogP contribution in [-0.2, 0) is 19.4 Å². The monoisotopic (exact) mass is 285 g/mol. The number of aliphatic hydroxyl groups is 1. The lowest BCUT2D eigenvalue weighted by Gasteiger charge is -2.14. The van der Waals surface area contributed by atoms with Crippen molar-refractivity contribution in [1.82, 2.24) is 9.55 Å². The van der Waals surface area contributed by atoms with Crippen LogP contribution in [0.25, 0.3) is 0 Å². The fraction of sp³-hybridized carbons (Fsp3) is 0.375. The molecule has 0 bridgehead atoms. The summed E-state index contributed by atoms with van der Waals surface area (Å²) in [6, 6.07) is 9.44. The Kier molecular flexibility index (Phi) is 5.35. The molecule has 0 aliphatic rings. The third-order valence-electron chi connectivity index (χ3n) is 3.17. The fourth-order valence-corrected chi connectivity index (χ4v) is 2.09.